The molecule has 2 saturated heterocycles. The molecule has 0 spiro atoms. The fourth-order valence-electron chi connectivity index (χ4n) is 3.71. The largest absolute Gasteiger partial charge is 0.369 e. The summed E-state index contributed by atoms with van der Waals surface area (Å²) in [5.41, 5.74) is 8.21. The quantitative estimate of drug-likeness (QED) is 0.747. The van der Waals surface area contributed by atoms with Crippen LogP contribution in [0.4, 0.5) is 5.69 Å². The van der Waals surface area contributed by atoms with Crippen LogP contribution in [-0.4, -0.2) is 36.9 Å². The molecule has 3 rings (SSSR count). The molecule has 2 fully saturated rings. The lowest BCUT2D eigenvalue weighted by Crippen LogP contribution is -3.17. The minimum absolute atomic E-state index is 0.100. The smallest absolute Gasteiger partial charge is 0.292 e. The van der Waals surface area contributed by atoms with Crippen LogP contribution in [-0.2, 0) is 14.4 Å². The fourth-order valence-corrected chi connectivity index (χ4v) is 3.71. The summed E-state index contributed by atoms with van der Waals surface area (Å²) in [6.07, 6.45) is 1.61. The van der Waals surface area contributed by atoms with E-state index < -0.39 is 0 Å². The zero-order chi connectivity index (χ0) is 17.4. The molecule has 6 nitrogen and oxygen atoms in total. The SMILES string of the molecule is Cc1ccc(N2C(=O)C[C@@H]([NH+]3CCC(C(N)=O)CC3)C2=O)cc1C. The molecule has 6 heteroatoms. The third-order valence-electron chi connectivity index (χ3n) is 5.42. The molecule has 0 radical (unpaired) electrons. The van der Waals surface area contributed by atoms with Gasteiger partial charge in [0.1, 0.15) is 0 Å². The third kappa shape index (κ3) is 2.94. The predicted molar refractivity (Wildman–Crippen MR) is 89.4 cm³/mol. The van der Waals surface area contributed by atoms with E-state index in [1.54, 1.807) is 0 Å². The average Bonchev–Trinajstić information content (AvgIpc) is 2.85. The number of likely N-dealkylation sites (tertiary alicyclic amines) is 1. The van der Waals surface area contributed by atoms with Crippen LogP contribution in [0.5, 0.6) is 0 Å². The molecule has 0 aliphatic carbocycles. The van der Waals surface area contributed by atoms with E-state index in [9.17, 15) is 14.4 Å². The van der Waals surface area contributed by atoms with Crippen LogP contribution in [0.3, 0.4) is 0 Å². The molecule has 0 bridgehead atoms. The maximum Gasteiger partial charge on any atom is 0.292 e. The maximum absolute atomic E-state index is 12.8. The number of nitrogens with two attached hydrogens (primary N) is 1. The highest BCUT2D eigenvalue weighted by Crippen LogP contribution is 2.24. The predicted octanol–water partition coefficient (Wildman–Crippen LogP) is -0.284. The topological polar surface area (TPSA) is 84.9 Å². The lowest BCUT2D eigenvalue weighted by atomic mass is 9.95. The number of benzene rings is 1. The van der Waals surface area contributed by atoms with Crippen molar-refractivity contribution in [3.63, 3.8) is 0 Å². The molecule has 2 heterocycles. The van der Waals surface area contributed by atoms with Gasteiger partial charge in [-0.25, -0.2) is 4.90 Å². The summed E-state index contributed by atoms with van der Waals surface area (Å²) in [4.78, 5) is 38.9. The number of anilines is 1. The molecule has 24 heavy (non-hydrogen) atoms. The minimum Gasteiger partial charge on any atom is -0.369 e. The van der Waals surface area contributed by atoms with Crippen molar-refractivity contribution >= 4 is 23.4 Å². The molecule has 2 aliphatic heterocycles. The zero-order valence-corrected chi connectivity index (χ0v) is 14.2. The number of aryl methyl sites for hydroxylation is 2. The van der Waals surface area contributed by atoms with E-state index in [1.165, 1.54) is 4.90 Å². The molecule has 1 aromatic carbocycles. The Morgan fingerprint density at radius 1 is 1.17 bits per heavy atom. The molecule has 0 unspecified atom stereocenters. The van der Waals surface area contributed by atoms with E-state index in [0.717, 1.165) is 16.0 Å². The van der Waals surface area contributed by atoms with Crippen molar-refractivity contribution in [2.75, 3.05) is 18.0 Å². The average molecular weight is 330 g/mol. The molecule has 1 aromatic rings. The zero-order valence-electron chi connectivity index (χ0n) is 14.2. The normalized spacial score (nSPS) is 27.6. The van der Waals surface area contributed by atoms with Crippen molar-refractivity contribution in [3.05, 3.63) is 29.3 Å². The first kappa shape index (κ1) is 16.6. The summed E-state index contributed by atoms with van der Waals surface area (Å²) in [5, 5.41) is 0. The first-order chi connectivity index (χ1) is 11.4. The Kier molecular flexibility index (Phi) is 4.41. The van der Waals surface area contributed by atoms with Crippen LogP contribution in [0.25, 0.3) is 0 Å². The molecular weight excluding hydrogens is 306 g/mol. The third-order valence-corrected chi connectivity index (χ3v) is 5.42. The number of imide groups is 1. The number of amides is 3. The number of hydrogen-bond acceptors (Lipinski definition) is 3. The van der Waals surface area contributed by atoms with E-state index in [4.69, 9.17) is 5.73 Å². The number of piperidine rings is 1. The first-order valence-electron chi connectivity index (χ1n) is 8.46. The van der Waals surface area contributed by atoms with E-state index in [0.29, 0.717) is 31.6 Å². The molecule has 3 N–H and O–H groups in total. The van der Waals surface area contributed by atoms with Crippen LogP contribution >= 0.6 is 0 Å². The van der Waals surface area contributed by atoms with E-state index >= 15 is 0 Å². The number of primary amides is 1. The number of nitrogens with one attached hydrogen (secondary N) is 1. The Balaban J connectivity index is 1.75. The molecule has 1 atom stereocenters. The number of quaternary nitrogens is 1. The number of nitrogens with zero attached hydrogens (tertiary/aromatic N) is 1. The number of carbonyl (C=O) groups excluding carboxylic acids is 3. The van der Waals surface area contributed by atoms with Crippen LogP contribution in [0, 0.1) is 19.8 Å². The Labute approximate surface area is 141 Å². The monoisotopic (exact) mass is 330 g/mol. The number of hydrogen-bond donors (Lipinski definition) is 2. The van der Waals surface area contributed by atoms with Crippen molar-refractivity contribution in [2.45, 2.75) is 39.2 Å². The summed E-state index contributed by atoms with van der Waals surface area (Å²) in [7, 11) is 0. The summed E-state index contributed by atoms with van der Waals surface area (Å²) < 4.78 is 0. The van der Waals surface area contributed by atoms with Gasteiger partial charge >= 0.3 is 0 Å². The van der Waals surface area contributed by atoms with E-state index in [-0.39, 0.29) is 36.1 Å². The van der Waals surface area contributed by atoms with Gasteiger partial charge in [0.05, 0.1) is 25.2 Å². The molecule has 0 saturated carbocycles. The van der Waals surface area contributed by atoms with Crippen molar-refractivity contribution in [1.29, 1.82) is 0 Å². The lowest BCUT2D eigenvalue weighted by Gasteiger charge is -2.30. The molecule has 3 amide bonds. The van der Waals surface area contributed by atoms with Crippen molar-refractivity contribution in [1.82, 2.24) is 0 Å². The van der Waals surface area contributed by atoms with Crippen molar-refractivity contribution in [3.8, 4) is 0 Å². The van der Waals surface area contributed by atoms with Gasteiger partial charge in [0.25, 0.3) is 5.91 Å². The number of rotatable bonds is 3. The Bertz CT molecular complexity index is 693. The second kappa shape index (κ2) is 6.36. The summed E-state index contributed by atoms with van der Waals surface area (Å²) in [6.45, 7) is 5.39. The Hall–Kier alpha value is -2.21. The Morgan fingerprint density at radius 3 is 2.42 bits per heavy atom. The van der Waals surface area contributed by atoms with Gasteiger partial charge in [-0.15, -0.1) is 0 Å². The second-order valence-electron chi connectivity index (χ2n) is 6.93. The van der Waals surface area contributed by atoms with Gasteiger partial charge in [-0.2, -0.15) is 0 Å². The number of carbonyl (C=O) groups is 3. The summed E-state index contributed by atoms with van der Waals surface area (Å²) >= 11 is 0. The maximum atomic E-state index is 12.8. The Morgan fingerprint density at radius 2 is 1.83 bits per heavy atom. The van der Waals surface area contributed by atoms with Crippen LogP contribution in [0.1, 0.15) is 30.4 Å². The lowest BCUT2D eigenvalue weighted by molar-refractivity contribution is -0.920. The van der Waals surface area contributed by atoms with Gasteiger partial charge in [-0.05, 0) is 37.1 Å². The highest BCUT2D eigenvalue weighted by Gasteiger charge is 2.46. The second-order valence-corrected chi connectivity index (χ2v) is 6.93. The van der Waals surface area contributed by atoms with Gasteiger partial charge in [0, 0.05) is 18.8 Å². The first-order valence-corrected chi connectivity index (χ1v) is 8.46. The van der Waals surface area contributed by atoms with E-state index in [2.05, 4.69) is 0 Å². The standard InChI is InChI=1S/C18H23N3O3/c1-11-3-4-14(9-12(11)2)21-16(22)10-15(18(21)24)20-7-5-13(6-8-20)17(19)23/h3-4,9,13,15H,5-8,10H2,1-2H3,(H2,19,23)/p+1/t15-/m1/s1. The highest BCUT2D eigenvalue weighted by molar-refractivity contribution is 6.21. The van der Waals surface area contributed by atoms with Gasteiger partial charge in [0.15, 0.2) is 6.04 Å². The van der Waals surface area contributed by atoms with Crippen LogP contribution < -0.4 is 15.5 Å². The van der Waals surface area contributed by atoms with Gasteiger partial charge in [-0.1, -0.05) is 6.07 Å². The summed E-state index contributed by atoms with van der Waals surface area (Å²) in [5.74, 6) is -0.634. The molecular formula is C18H24N3O3+. The minimum atomic E-state index is -0.340. The molecule has 128 valence electrons. The van der Waals surface area contributed by atoms with Gasteiger partial charge in [-0.3, -0.25) is 14.4 Å². The molecule has 0 aromatic heterocycles. The van der Waals surface area contributed by atoms with Crippen LogP contribution in [0.2, 0.25) is 0 Å². The van der Waals surface area contributed by atoms with Gasteiger partial charge < -0.3 is 10.6 Å². The van der Waals surface area contributed by atoms with Crippen molar-refractivity contribution in [2.24, 2.45) is 11.7 Å². The van der Waals surface area contributed by atoms with Crippen molar-refractivity contribution < 1.29 is 19.3 Å². The van der Waals surface area contributed by atoms with E-state index in [1.807, 2.05) is 32.0 Å². The molecule has 2 aliphatic rings. The van der Waals surface area contributed by atoms with Gasteiger partial charge in [0.2, 0.25) is 11.8 Å². The summed E-state index contributed by atoms with van der Waals surface area (Å²) in [6, 6.07) is 5.31. The highest BCUT2D eigenvalue weighted by atomic mass is 16.2. The fraction of sp³-hybridized carbons (Fsp3) is 0.500. The van der Waals surface area contributed by atoms with Crippen LogP contribution in [0.15, 0.2) is 18.2 Å².